The minimum Gasteiger partial charge on any atom is -0.459 e. The van der Waals surface area contributed by atoms with Crippen molar-refractivity contribution in [3.63, 3.8) is 0 Å². The fourth-order valence-corrected chi connectivity index (χ4v) is 2.76. The number of esters is 1. The molecule has 0 aromatic rings. The van der Waals surface area contributed by atoms with Gasteiger partial charge in [0.1, 0.15) is 11.1 Å². The lowest BCUT2D eigenvalue weighted by Crippen LogP contribution is -2.56. The molecule has 3 amide bonds. The average Bonchev–Trinajstić information content (AvgIpc) is 2.78. The number of nitrogens with two attached hydrogens (primary N) is 1. The van der Waals surface area contributed by atoms with E-state index in [0.717, 1.165) is 6.42 Å². The summed E-state index contributed by atoms with van der Waals surface area (Å²) < 4.78 is 10.8. The molecule has 23 heavy (non-hydrogen) atoms. The molecule has 1 aliphatic rings. The van der Waals surface area contributed by atoms with Gasteiger partial charge in [0.15, 0.2) is 0 Å². The van der Waals surface area contributed by atoms with Crippen molar-refractivity contribution in [3.8, 4) is 0 Å². The maximum atomic E-state index is 12.7. The number of hydrogen-bond donors (Lipinski definition) is 2. The van der Waals surface area contributed by atoms with E-state index in [9.17, 15) is 14.4 Å². The fraction of sp³-hybridized carbons (Fsp3) is 0.800. The van der Waals surface area contributed by atoms with Crippen LogP contribution in [-0.2, 0) is 19.1 Å². The molecule has 1 saturated heterocycles. The zero-order chi connectivity index (χ0) is 17.7. The quantitative estimate of drug-likeness (QED) is 0.682. The molecule has 1 atom stereocenters. The first-order valence-electron chi connectivity index (χ1n) is 7.67. The summed E-state index contributed by atoms with van der Waals surface area (Å²) in [7, 11) is 1.53. The normalized spacial score (nSPS) is 21.9. The van der Waals surface area contributed by atoms with Gasteiger partial charge in [-0.05, 0) is 40.2 Å². The van der Waals surface area contributed by atoms with Gasteiger partial charge in [-0.15, -0.1) is 0 Å². The Balaban J connectivity index is 2.81. The van der Waals surface area contributed by atoms with Crippen LogP contribution in [0.5, 0.6) is 0 Å². The third-order valence-corrected chi connectivity index (χ3v) is 3.66. The highest BCUT2D eigenvalue weighted by Gasteiger charge is 2.49. The second kappa shape index (κ2) is 7.74. The summed E-state index contributed by atoms with van der Waals surface area (Å²) in [4.78, 5) is 36.9. The number of likely N-dealkylation sites (tertiary alicyclic amines) is 1. The van der Waals surface area contributed by atoms with E-state index in [1.165, 1.54) is 7.11 Å². The topological polar surface area (TPSA) is 111 Å². The monoisotopic (exact) mass is 329 g/mol. The molecule has 0 radical (unpaired) electrons. The number of nitrogens with zero attached hydrogens (tertiary/aromatic N) is 1. The lowest BCUT2D eigenvalue weighted by atomic mass is 9.96. The number of urea groups is 1. The number of rotatable bonds is 6. The molecule has 1 aliphatic heterocycles. The largest absolute Gasteiger partial charge is 0.459 e. The van der Waals surface area contributed by atoms with Crippen LogP contribution in [0, 0.1) is 0 Å². The van der Waals surface area contributed by atoms with Crippen molar-refractivity contribution in [2.75, 3.05) is 26.8 Å². The number of imide groups is 1. The van der Waals surface area contributed by atoms with Crippen molar-refractivity contribution in [2.24, 2.45) is 5.73 Å². The minimum absolute atomic E-state index is 0.0667. The average molecular weight is 329 g/mol. The molecular weight excluding hydrogens is 302 g/mol. The number of ether oxygens (including phenoxy) is 2. The number of methoxy groups -OCH3 is 1. The summed E-state index contributed by atoms with van der Waals surface area (Å²) in [6, 6.07) is -0.883. The lowest BCUT2D eigenvalue weighted by Gasteiger charge is -2.37. The van der Waals surface area contributed by atoms with Crippen molar-refractivity contribution in [3.05, 3.63) is 0 Å². The summed E-state index contributed by atoms with van der Waals surface area (Å²) in [6.45, 7) is 6.61. The van der Waals surface area contributed by atoms with Crippen molar-refractivity contribution in [1.29, 1.82) is 0 Å². The molecule has 0 aromatic carbocycles. The third kappa shape index (κ3) is 5.47. The van der Waals surface area contributed by atoms with Crippen molar-refractivity contribution >= 4 is 17.9 Å². The van der Waals surface area contributed by atoms with E-state index >= 15 is 0 Å². The number of amides is 3. The summed E-state index contributed by atoms with van der Waals surface area (Å²) in [6.07, 6.45) is 1.48. The van der Waals surface area contributed by atoms with E-state index in [1.54, 1.807) is 0 Å². The van der Waals surface area contributed by atoms with Gasteiger partial charge in [0.05, 0.1) is 6.61 Å². The Hall–Kier alpha value is -1.67. The zero-order valence-electron chi connectivity index (χ0n) is 14.3. The molecule has 1 heterocycles. The van der Waals surface area contributed by atoms with Gasteiger partial charge in [0.25, 0.3) is 0 Å². The van der Waals surface area contributed by atoms with Gasteiger partial charge in [0.2, 0.25) is 5.91 Å². The molecular formula is C15H27N3O5. The number of carbonyl (C=O) groups excluding carboxylic acids is 3. The molecule has 1 unspecified atom stereocenters. The predicted octanol–water partition coefficient (Wildman–Crippen LogP) is 0.394. The van der Waals surface area contributed by atoms with E-state index in [1.807, 2.05) is 31.0 Å². The first-order valence-corrected chi connectivity index (χ1v) is 7.67. The van der Waals surface area contributed by atoms with E-state index in [4.69, 9.17) is 15.2 Å². The smallest absolute Gasteiger partial charge is 0.329 e. The molecule has 0 aromatic heterocycles. The molecule has 132 valence electrons. The Morgan fingerprint density at radius 1 is 1.30 bits per heavy atom. The Morgan fingerprint density at radius 2 is 1.96 bits per heavy atom. The third-order valence-electron chi connectivity index (χ3n) is 3.66. The maximum Gasteiger partial charge on any atom is 0.329 e. The second-order valence-electron chi connectivity index (χ2n) is 6.72. The van der Waals surface area contributed by atoms with Gasteiger partial charge in [-0.3, -0.25) is 15.0 Å². The Kier molecular flexibility index (Phi) is 6.52. The van der Waals surface area contributed by atoms with Crippen LogP contribution in [0.3, 0.4) is 0 Å². The van der Waals surface area contributed by atoms with Gasteiger partial charge in [-0.1, -0.05) is 0 Å². The van der Waals surface area contributed by atoms with Gasteiger partial charge in [-0.25, -0.2) is 9.59 Å². The van der Waals surface area contributed by atoms with Crippen molar-refractivity contribution in [2.45, 2.75) is 51.2 Å². The van der Waals surface area contributed by atoms with Crippen LogP contribution in [0.2, 0.25) is 0 Å². The molecule has 0 bridgehead atoms. The molecule has 0 spiro atoms. The van der Waals surface area contributed by atoms with E-state index in [2.05, 4.69) is 0 Å². The van der Waals surface area contributed by atoms with Gasteiger partial charge in [-0.2, -0.15) is 0 Å². The van der Waals surface area contributed by atoms with Crippen LogP contribution in [0.25, 0.3) is 0 Å². The van der Waals surface area contributed by atoms with Crippen LogP contribution in [0.15, 0.2) is 0 Å². The van der Waals surface area contributed by atoms with Crippen molar-refractivity contribution in [1.82, 2.24) is 10.2 Å². The molecule has 1 rings (SSSR count). The number of nitrogens with one attached hydrogen (secondary N) is 1. The van der Waals surface area contributed by atoms with Crippen LogP contribution >= 0.6 is 0 Å². The summed E-state index contributed by atoms with van der Waals surface area (Å²) >= 11 is 0. The van der Waals surface area contributed by atoms with E-state index < -0.39 is 23.1 Å². The molecule has 0 aliphatic carbocycles. The van der Waals surface area contributed by atoms with Crippen molar-refractivity contribution < 1.29 is 23.9 Å². The first-order chi connectivity index (χ1) is 10.6. The highest BCUT2D eigenvalue weighted by Crippen LogP contribution is 2.32. The Labute approximate surface area is 136 Å². The summed E-state index contributed by atoms with van der Waals surface area (Å²) in [5.41, 5.74) is 3.42. The zero-order valence-corrected chi connectivity index (χ0v) is 14.3. The highest BCUT2D eigenvalue weighted by molar-refractivity contribution is 5.93. The standard InChI is InChI=1S/C15H27N3O5/c1-14(2,3)23-12(20)15(10-22-4)7-5-8-18(15)9-6-11(19)17-13(16)21/h5-10H2,1-4H3,(H3,16,17,19,21). The molecule has 3 N–H and O–H groups in total. The predicted molar refractivity (Wildman–Crippen MR) is 83.6 cm³/mol. The van der Waals surface area contributed by atoms with Crippen LogP contribution in [0.1, 0.15) is 40.0 Å². The SMILES string of the molecule is COCC1(C(=O)OC(C)(C)C)CCCN1CCC(=O)NC(N)=O. The highest BCUT2D eigenvalue weighted by atomic mass is 16.6. The Bertz CT molecular complexity index is 461. The summed E-state index contributed by atoms with van der Waals surface area (Å²) in [5.74, 6) is -0.820. The Morgan fingerprint density at radius 3 is 2.48 bits per heavy atom. The minimum atomic E-state index is -0.894. The molecule has 1 fully saturated rings. The number of primary amides is 1. The van der Waals surface area contributed by atoms with Crippen LogP contribution < -0.4 is 11.1 Å². The maximum absolute atomic E-state index is 12.7. The van der Waals surface area contributed by atoms with Crippen LogP contribution in [-0.4, -0.2) is 60.8 Å². The molecule has 8 heteroatoms. The lowest BCUT2D eigenvalue weighted by molar-refractivity contribution is -0.172. The van der Waals surface area contributed by atoms with Crippen LogP contribution in [0.4, 0.5) is 4.79 Å². The van der Waals surface area contributed by atoms with E-state index in [-0.39, 0.29) is 19.0 Å². The fourth-order valence-electron chi connectivity index (χ4n) is 2.76. The second-order valence-corrected chi connectivity index (χ2v) is 6.72. The van der Waals surface area contributed by atoms with E-state index in [0.29, 0.717) is 19.5 Å². The number of hydrogen-bond acceptors (Lipinski definition) is 6. The van der Waals surface area contributed by atoms with Gasteiger partial charge < -0.3 is 15.2 Å². The van der Waals surface area contributed by atoms with Gasteiger partial charge in [0, 0.05) is 20.1 Å². The van der Waals surface area contributed by atoms with Gasteiger partial charge >= 0.3 is 12.0 Å². The first kappa shape index (κ1) is 19.4. The molecule has 0 saturated carbocycles. The summed E-state index contributed by atoms with van der Waals surface area (Å²) in [5, 5.41) is 2.02. The molecule has 8 nitrogen and oxygen atoms in total. The number of carbonyl (C=O) groups is 3.